The van der Waals surface area contributed by atoms with E-state index in [0.717, 1.165) is 38.2 Å². The maximum absolute atomic E-state index is 5.52. The molecule has 2 aliphatic rings. The van der Waals surface area contributed by atoms with Crippen molar-refractivity contribution >= 4 is 0 Å². The van der Waals surface area contributed by atoms with E-state index in [2.05, 4.69) is 24.1 Å². The third-order valence-corrected chi connectivity index (χ3v) is 3.55. The summed E-state index contributed by atoms with van der Waals surface area (Å²) in [5, 5.41) is 3.62. The van der Waals surface area contributed by atoms with E-state index in [1.807, 2.05) is 0 Å². The molecular weight excluding hydrogens is 188 g/mol. The molecule has 15 heavy (non-hydrogen) atoms. The maximum Gasteiger partial charge on any atom is 0.0674 e. The number of morpholine rings is 1. The zero-order chi connectivity index (χ0) is 10.7. The van der Waals surface area contributed by atoms with Gasteiger partial charge in [0.15, 0.2) is 0 Å². The highest BCUT2D eigenvalue weighted by Crippen LogP contribution is 2.32. The van der Waals surface area contributed by atoms with Gasteiger partial charge in [0.25, 0.3) is 0 Å². The second kappa shape index (κ2) is 5.28. The van der Waals surface area contributed by atoms with Crippen molar-refractivity contribution in [1.82, 2.24) is 10.2 Å². The van der Waals surface area contributed by atoms with Crippen molar-refractivity contribution in [3.63, 3.8) is 0 Å². The Hall–Kier alpha value is -0.120. The van der Waals surface area contributed by atoms with Gasteiger partial charge in [-0.25, -0.2) is 0 Å². The van der Waals surface area contributed by atoms with Crippen molar-refractivity contribution in [3.05, 3.63) is 0 Å². The van der Waals surface area contributed by atoms with Crippen LogP contribution in [0.4, 0.5) is 0 Å². The standard InChI is InChI=1S/C12H24N2O/c1-10-9-14(7-8-15-10)6-5-13-11(2)12-3-4-12/h10-13H,3-9H2,1-2H3. The topological polar surface area (TPSA) is 24.5 Å². The second-order valence-electron chi connectivity index (χ2n) is 5.06. The van der Waals surface area contributed by atoms with E-state index in [4.69, 9.17) is 4.74 Å². The predicted molar refractivity (Wildman–Crippen MR) is 62.0 cm³/mol. The third-order valence-electron chi connectivity index (χ3n) is 3.55. The van der Waals surface area contributed by atoms with Crippen LogP contribution in [0.25, 0.3) is 0 Å². The summed E-state index contributed by atoms with van der Waals surface area (Å²) in [6.45, 7) is 9.88. The average molecular weight is 212 g/mol. The molecule has 0 aromatic carbocycles. The number of hydrogen-bond donors (Lipinski definition) is 1. The van der Waals surface area contributed by atoms with Gasteiger partial charge in [0.1, 0.15) is 0 Å². The zero-order valence-corrected chi connectivity index (χ0v) is 10.0. The first-order valence-electron chi connectivity index (χ1n) is 6.33. The first kappa shape index (κ1) is 11.4. The highest BCUT2D eigenvalue weighted by Gasteiger charge is 2.27. The number of hydrogen-bond acceptors (Lipinski definition) is 3. The van der Waals surface area contributed by atoms with Gasteiger partial charge in [-0.3, -0.25) is 4.90 Å². The molecule has 3 heteroatoms. The quantitative estimate of drug-likeness (QED) is 0.738. The van der Waals surface area contributed by atoms with E-state index < -0.39 is 0 Å². The van der Waals surface area contributed by atoms with Gasteiger partial charge in [0.2, 0.25) is 0 Å². The number of nitrogens with one attached hydrogen (secondary N) is 1. The van der Waals surface area contributed by atoms with Crippen LogP contribution in [0.5, 0.6) is 0 Å². The molecule has 1 saturated carbocycles. The van der Waals surface area contributed by atoms with E-state index in [1.54, 1.807) is 0 Å². The molecular formula is C12H24N2O. The molecule has 1 N–H and O–H groups in total. The molecule has 3 nitrogen and oxygen atoms in total. The van der Waals surface area contributed by atoms with E-state index in [1.165, 1.54) is 19.4 Å². The molecule has 2 fully saturated rings. The predicted octanol–water partition coefficient (Wildman–Crippen LogP) is 1.10. The highest BCUT2D eigenvalue weighted by molar-refractivity contribution is 4.83. The monoisotopic (exact) mass is 212 g/mol. The molecule has 88 valence electrons. The minimum Gasteiger partial charge on any atom is -0.376 e. The molecule has 2 rings (SSSR count). The van der Waals surface area contributed by atoms with Gasteiger partial charge in [-0.2, -0.15) is 0 Å². The Morgan fingerprint density at radius 2 is 2.27 bits per heavy atom. The van der Waals surface area contributed by atoms with Crippen molar-refractivity contribution in [3.8, 4) is 0 Å². The summed E-state index contributed by atoms with van der Waals surface area (Å²) in [6.07, 6.45) is 3.28. The number of nitrogens with zero attached hydrogens (tertiary/aromatic N) is 1. The average Bonchev–Trinajstić information content (AvgIpc) is 3.00. The molecule has 0 amide bonds. The summed E-state index contributed by atoms with van der Waals surface area (Å²) in [6, 6.07) is 0.725. The highest BCUT2D eigenvalue weighted by atomic mass is 16.5. The van der Waals surface area contributed by atoms with Gasteiger partial charge in [-0.05, 0) is 32.6 Å². The Kier molecular flexibility index (Phi) is 4.00. The number of ether oxygens (including phenoxy) is 1. The van der Waals surface area contributed by atoms with Crippen molar-refractivity contribution in [2.45, 2.75) is 38.8 Å². The van der Waals surface area contributed by atoms with Crippen LogP contribution in [0.2, 0.25) is 0 Å². The lowest BCUT2D eigenvalue weighted by atomic mass is 10.2. The molecule has 2 atom stereocenters. The molecule has 0 aromatic heterocycles. The summed E-state index contributed by atoms with van der Waals surface area (Å²) in [4.78, 5) is 2.50. The van der Waals surface area contributed by atoms with Crippen molar-refractivity contribution in [2.75, 3.05) is 32.8 Å². The fourth-order valence-electron chi connectivity index (χ4n) is 2.31. The summed E-state index contributed by atoms with van der Waals surface area (Å²) < 4.78 is 5.52. The van der Waals surface area contributed by atoms with E-state index in [0.29, 0.717) is 6.10 Å². The lowest BCUT2D eigenvalue weighted by Gasteiger charge is -2.31. The minimum atomic E-state index is 0.416. The molecule has 0 aromatic rings. The van der Waals surface area contributed by atoms with E-state index in [9.17, 15) is 0 Å². The first-order valence-corrected chi connectivity index (χ1v) is 6.33. The van der Waals surface area contributed by atoms with Crippen molar-refractivity contribution < 1.29 is 4.74 Å². The van der Waals surface area contributed by atoms with Crippen LogP contribution in [-0.2, 0) is 4.74 Å². The number of rotatable bonds is 5. The van der Waals surface area contributed by atoms with Gasteiger partial charge < -0.3 is 10.1 Å². The largest absolute Gasteiger partial charge is 0.376 e. The summed E-state index contributed by atoms with van der Waals surface area (Å²) in [7, 11) is 0. The molecule has 0 spiro atoms. The van der Waals surface area contributed by atoms with Gasteiger partial charge in [-0.1, -0.05) is 0 Å². The Labute approximate surface area is 93.2 Å². The minimum absolute atomic E-state index is 0.416. The zero-order valence-electron chi connectivity index (χ0n) is 10.0. The fraction of sp³-hybridized carbons (Fsp3) is 1.00. The van der Waals surface area contributed by atoms with Gasteiger partial charge >= 0.3 is 0 Å². The molecule has 2 unspecified atom stereocenters. The first-order chi connectivity index (χ1) is 7.25. The Morgan fingerprint density at radius 3 is 2.93 bits per heavy atom. The second-order valence-corrected chi connectivity index (χ2v) is 5.06. The molecule has 1 heterocycles. The maximum atomic E-state index is 5.52. The van der Waals surface area contributed by atoms with Gasteiger partial charge in [0.05, 0.1) is 12.7 Å². The lowest BCUT2D eigenvalue weighted by Crippen LogP contribution is -2.45. The smallest absolute Gasteiger partial charge is 0.0674 e. The Morgan fingerprint density at radius 1 is 1.47 bits per heavy atom. The normalized spacial score (nSPS) is 30.4. The van der Waals surface area contributed by atoms with Crippen LogP contribution in [0.1, 0.15) is 26.7 Å². The van der Waals surface area contributed by atoms with E-state index >= 15 is 0 Å². The van der Waals surface area contributed by atoms with Gasteiger partial charge in [0, 0.05) is 32.2 Å². The van der Waals surface area contributed by atoms with Crippen LogP contribution in [0, 0.1) is 5.92 Å². The summed E-state index contributed by atoms with van der Waals surface area (Å²) >= 11 is 0. The molecule has 1 saturated heterocycles. The SMILES string of the molecule is CC1CN(CCNC(C)C2CC2)CCO1. The van der Waals surface area contributed by atoms with E-state index in [-0.39, 0.29) is 0 Å². The van der Waals surface area contributed by atoms with Crippen LogP contribution in [0.3, 0.4) is 0 Å². The van der Waals surface area contributed by atoms with Gasteiger partial charge in [-0.15, -0.1) is 0 Å². The van der Waals surface area contributed by atoms with Crippen LogP contribution < -0.4 is 5.32 Å². The lowest BCUT2D eigenvalue weighted by molar-refractivity contribution is -0.0178. The molecule has 1 aliphatic carbocycles. The summed E-state index contributed by atoms with van der Waals surface area (Å²) in [5.74, 6) is 0.966. The van der Waals surface area contributed by atoms with Crippen molar-refractivity contribution in [2.24, 2.45) is 5.92 Å². The van der Waals surface area contributed by atoms with Crippen LogP contribution in [0.15, 0.2) is 0 Å². The Bertz CT molecular complexity index is 194. The fourth-order valence-corrected chi connectivity index (χ4v) is 2.31. The van der Waals surface area contributed by atoms with Crippen LogP contribution >= 0.6 is 0 Å². The van der Waals surface area contributed by atoms with Crippen LogP contribution in [-0.4, -0.2) is 49.8 Å². The molecule has 0 bridgehead atoms. The Balaban J connectivity index is 1.56. The molecule has 0 radical (unpaired) electrons. The van der Waals surface area contributed by atoms with Crippen molar-refractivity contribution in [1.29, 1.82) is 0 Å². The molecule has 1 aliphatic heterocycles. The summed E-state index contributed by atoms with van der Waals surface area (Å²) in [5.41, 5.74) is 0. The third kappa shape index (κ3) is 3.74.